The number of ether oxygens (including phenoxy) is 1. The Hall–Kier alpha value is -2.80. The minimum atomic E-state index is -0.417. The van der Waals surface area contributed by atoms with Crippen LogP contribution in [0.15, 0.2) is 36.0 Å². The number of anilines is 1. The van der Waals surface area contributed by atoms with E-state index in [1.165, 1.54) is 34.4 Å². The summed E-state index contributed by atoms with van der Waals surface area (Å²) in [6.45, 7) is 8.16. The van der Waals surface area contributed by atoms with Crippen LogP contribution >= 0.6 is 34.7 Å². The van der Waals surface area contributed by atoms with Crippen LogP contribution in [0.5, 0.6) is 5.75 Å². The van der Waals surface area contributed by atoms with Crippen molar-refractivity contribution in [2.45, 2.75) is 63.8 Å². The number of rotatable bonds is 9. The number of aromatic nitrogens is 3. The summed E-state index contributed by atoms with van der Waals surface area (Å²) in [5.74, 6) is 1.15. The highest BCUT2D eigenvalue weighted by Gasteiger charge is 2.23. The SMILES string of the molecule is C=CCn1c(SCC(=O)Nc2sc3c(c2C#N)CCCCC3)nnc1C(C)Oc1cc(C)ccc1Cl. The highest BCUT2D eigenvalue weighted by atomic mass is 35.5. The van der Waals surface area contributed by atoms with E-state index in [9.17, 15) is 10.1 Å². The molecule has 3 aromatic rings. The molecule has 2 heterocycles. The van der Waals surface area contributed by atoms with E-state index in [1.807, 2.05) is 30.5 Å². The van der Waals surface area contributed by atoms with Crippen LogP contribution in [0, 0.1) is 18.3 Å². The van der Waals surface area contributed by atoms with E-state index >= 15 is 0 Å². The number of thiophene rings is 1. The van der Waals surface area contributed by atoms with Crippen LogP contribution in [0.2, 0.25) is 5.02 Å². The topological polar surface area (TPSA) is 92.8 Å². The van der Waals surface area contributed by atoms with Gasteiger partial charge in [-0.1, -0.05) is 41.9 Å². The number of allylic oxidation sites excluding steroid dienone is 1. The normalized spacial score (nSPS) is 13.8. The largest absolute Gasteiger partial charge is 0.481 e. The summed E-state index contributed by atoms with van der Waals surface area (Å²) < 4.78 is 7.97. The molecule has 1 aliphatic rings. The lowest BCUT2D eigenvalue weighted by atomic mass is 10.1. The molecule has 1 N–H and O–H groups in total. The van der Waals surface area contributed by atoms with Crippen molar-refractivity contribution in [2.75, 3.05) is 11.1 Å². The van der Waals surface area contributed by atoms with Gasteiger partial charge in [-0.05, 0) is 62.8 Å². The fourth-order valence-corrected chi connectivity index (χ4v) is 6.37. The van der Waals surface area contributed by atoms with E-state index < -0.39 is 6.10 Å². The number of nitriles is 1. The zero-order chi connectivity index (χ0) is 25.7. The van der Waals surface area contributed by atoms with Crippen LogP contribution in [0.1, 0.15) is 59.7 Å². The average molecular weight is 542 g/mol. The summed E-state index contributed by atoms with van der Waals surface area (Å²) in [6, 6.07) is 7.91. The van der Waals surface area contributed by atoms with Gasteiger partial charge in [-0.15, -0.1) is 28.1 Å². The van der Waals surface area contributed by atoms with Crippen LogP contribution in [0.25, 0.3) is 0 Å². The molecule has 1 aliphatic carbocycles. The Labute approximate surface area is 224 Å². The number of nitrogens with zero attached hydrogens (tertiary/aromatic N) is 4. The molecular weight excluding hydrogens is 514 g/mol. The van der Waals surface area contributed by atoms with Crippen LogP contribution in [-0.2, 0) is 24.2 Å². The molecule has 0 fully saturated rings. The first kappa shape index (κ1) is 26.3. The first-order chi connectivity index (χ1) is 17.4. The zero-order valence-electron chi connectivity index (χ0n) is 20.3. The maximum absolute atomic E-state index is 12.8. The van der Waals surface area contributed by atoms with Crippen molar-refractivity contribution in [2.24, 2.45) is 0 Å². The lowest BCUT2D eigenvalue weighted by molar-refractivity contribution is -0.113. The molecule has 10 heteroatoms. The Balaban J connectivity index is 1.45. The summed E-state index contributed by atoms with van der Waals surface area (Å²) in [6.07, 6.45) is 6.60. The number of amides is 1. The maximum Gasteiger partial charge on any atom is 0.235 e. The van der Waals surface area contributed by atoms with Gasteiger partial charge in [0.15, 0.2) is 17.1 Å². The van der Waals surface area contributed by atoms with Crippen molar-refractivity contribution in [1.82, 2.24) is 14.8 Å². The number of hydrogen-bond acceptors (Lipinski definition) is 7. The van der Waals surface area contributed by atoms with Crippen LogP contribution in [-0.4, -0.2) is 26.4 Å². The molecule has 2 aromatic heterocycles. The second-order valence-corrected chi connectivity index (χ2v) is 11.1. The Morgan fingerprint density at radius 1 is 1.39 bits per heavy atom. The van der Waals surface area contributed by atoms with Gasteiger partial charge in [0.05, 0.1) is 16.3 Å². The molecule has 4 rings (SSSR count). The molecule has 0 spiro atoms. The number of fused-ring (bicyclic) bond motifs is 1. The van der Waals surface area contributed by atoms with Crippen molar-refractivity contribution >= 4 is 45.6 Å². The molecule has 1 amide bonds. The number of hydrogen-bond donors (Lipinski definition) is 1. The van der Waals surface area contributed by atoms with Crippen molar-refractivity contribution in [3.63, 3.8) is 0 Å². The van der Waals surface area contributed by atoms with E-state index in [-0.39, 0.29) is 11.7 Å². The van der Waals surface area contributed by atoms with E-state index in [4.69, 9.17) is 16.3 Å². The van der Waals surface area contributed by atoms with Gasteiger partial charge in [0.25, 0.3) is 0 Å². The minimum absolute atomic E-state index is 0.141. The summed E-state index contributed by atoms with van der Waals surface area (Å²) in [5, 5.41) is 23.1. The standard InChI is InChI=1S/C26H28ClN5O2S2/c1-4-12-32-24(17(3)34-21-13-16(2)10-11-20(21)27)30-31-26(32)35-15-23(33)29-25-19(14-28)18-8-6-5-7-9-22(18)36-25/h4,10-11,13,17H,1,5-9,12,15H2,2-3H3,(H,29,33). The first-order valence-corrected chi connectivity index (χ1v) is 14.0. The number of nitrogens with one attached hydrogen (secondary N) is 1. The molecule has 0 radical (unpaired) electrons. The average Bonchev–Trinajstić information content (AvgIpc) is 3.32. The van der Waals surface area contributed by atoms with Crippen LogP contribution < -0.4 is 10.1 Å². The van der Waals surface area contributed by atoms with E-state index in [1.54, 1.807) is 12.1 Å². The van der Waals surface area contributed by atoms with Crippen molar-refractivity contribution in [3.05, 3.63) is 63.3 Å². The molecule has 0 aliphatic heterocycles. The van der Waals surface area contributed by atoms with Gasteiger partial charge in [0, 0.05) is 11.4 Å². The molecule has 0 bridgehead atoms. The molecule has 36 heavy (non-hydrogen) atoms. The third kappa shape index (κ3) is 5.94. The van der Waals surface area contributed by atoms with Crippen LogP contribution in [0.3, 0.4) is 0 Å². The zero-order valence-corrected chi connectivity index (χ0v) is 22.7. The van der Waals surface area contributed by atoms with E-state index in [2.05, 4.69) is 28.2 Å². The lowest BCUT2D eigenvalue weighted by Crippen LogP contribution is -2.15. The van der Waals surface area contributed by atoms with Gasteiger partial charge in [-0.2, -0.15) is 5.26 Å². The first-order valence-electron chi connectivity index (χ1n) is 11.8. The number of aryl methyl sites for hydroxylation is 2. The molecule has 1 aromatic carbocycles. The molecule has 0 saturated carbocycles. The molecule has 0 saturated heterocycles. The maximum atomic E-state index is 12.8. The fourth-order valence-electron chi connectivity index (χ4n) is 4.19. The number of carbonyl (C=O) groups is 1. The monoisotopic (exact) mass is 541 g/mol. The molecule has 7 nitrogen and oxygen atoms in total. The molecule has 1 unspecified atom stereocenters. The van der Waals surface area contributed by atoms with Gasteiger partial charge in [-0.25, -0.2) is 0 Å². The van der Waals surface area contributed by atoms with Gasteiger partial charge < -0.3 is 10.1 Å². The second-order valence-electron chi connectivity index (χ2n) is 8.65. The number of benzene rings is 1. The van der Waals surface area contributed by atoms with Crippen molar-refractivity contribution in [3.8, 4) is 11.8 Å². The summed E-state index contributed by atoms with van der Waals surface area (Å²) in [7, 11) is 0. The highest BCUT2D eigenvalue weighted by molar-refractivity contribution is 7.99. The van der Waals surface area contributed by atoms with Gasteiger partial charge in [0.1, 0.15) is 16.8 Å². The summed E-state index contributed by atoms with van der Waals surface area (Å²) >= 11 is 9.12. The van der Waals surface area contributed by atoms with Crippen molar-refractivity contribution in [1.29, 1.82) is 5.26 Å². The van der Waals surface area contributed by atoms with Crippen LogP contribution in [0.4, 0.5) is 5.00 Å². The molecule has 188 valence electrons. The van der Waals surface area contributed by atoms with Gasteiger partial charge in [-0.3, -0.25) is 9.36 Å². The molecule has 1 atom stereocenters. The fraction of sp³-hybridized carbons (Fsp3) is 0.385. The second kappa shape index (κ2) is 12.0. The number of halogens is 1. The predicted molar refractivity (Wildman–Crippen MR) is 145 cm³/mol. The summed E-state index contributed by atoms with van der Waals surface area (Å²) in [4.78, 5) is 14.0. The lowest BCUT2D eigenvalue weighted by Gasteiger charge is -2.17. The van der Waals surface area contributed by atoms with Crippen molar-refractivity contribution < 1.29 is 9.53 Å². The quantitative estimate of drug-likeness (QED) is 0.189. The Kier molecular flexibility index (Phi) is 8.72. The number of thioether (sulfide) groups is 1. The third-order valence-electron chi connectivity index (χ3n) is 5.93. The number of carbonyl (C=O) groups excluding carboxylic acids is 1. The molecular formula is C26H28ClN5O2S2. The third-order valence-corrected chi connectivity index (χ3v) is 8.42. The van der Waals surface area contributed by atoms with Gasteiger partial charge >= 0.3 is 0 Å². The summed E-state index contributed by atoms with van der Waals surface area (Å²) in [5.41, 5.74) is 2.77. The highest BCUT2D eigenvalue weighted by Crippen LogP contribution is 2.37. The van der Waals surface area contributed by atoms with Gasteiger partial charge in [0.2, 0.25) is 5.91 Å². The predicted octanol–water partition coefficient (Wildman–Crippen LogP) is 6.50. The Morgan fingerprint density at radius 3 is 2.97 bits per heavy atom. The Morgan fingerprint density at radius 2 is 2.19 bits per heavy atom. The van der Waals surface area contributed by atoms with E-state index in [0.29, 0.717) is 38.9 Å². The van der Waals surface area contributed by atoms with E-state index in [0.717, 1.165) is 36.8 Å². The Bertz CT molecular complexity index is 1310. The smallest absolute Gasteiger partial charge is 0.235 e. The minimum Gasteiger partial charge on any atom is -0.481 e.